The molecule has 6 nitrogen and oxygen atoms in total. The van der Waals surface area contributed by atoms with E-state index in [1.807, 2.05) is 0 Å². The number of nitrogens with one attached hydrogen (secondary N) is 1. The van der Waals surface area contributed by atoms with Crippen LogP contribution in [0.2, 0.25) is 0 Å². The van der Waals surface area contributed by atoms with Crippen LogP contribution in [0.25, 0.3) is 0 Å². The second-order valence-electron chi connectivity index (χ2n) is 2.85. The van der Waals surface area contributed by atoms with Crippen molar-refractivity contribution in [2.75, 3.05) is 20.3 Å². The van der Waals surface area contributed by atoms with Crippen molar-refractivity contribution in [1.82, 2.24) is 4.72 Å². The maximum Gasteiger partial charge on any atom is 0.304 e. The Balaban J connectivity index is 4.01. The highest BCUT2D eigenvalue weighted by Crippen LogP contribution is 1.98. The molecule has 0 aliphatic heterocycles. The fourth-order valence-corrected chi connectivity index (χ4v) is 1.75. The van der Waals surface area contributed by atoms with E-state index in [9.17, 15) is 13.2 Å². The maximum atomic E-state index is 11.3. The average molecular weight is 225 g/mol. The molecule has 0 aromatic rings. The Morgan fingerprint density at radius 1 is 1.57 bits per heavy atom. The van der Waals surface area contributed by atoms with Gasteiger partial charge in [0.25, 0.3) is 0 Å². The number of hydrogen-bond acceptors (Lipinski definition) is 4. The molecule has 0 spiro atoms. The molecular formula is C7H15NO5S. The molecule has 0 aromatic heterocycles. The van der Waals surface area contributed by atoms with E-state index in [0.717, 1.165) is 0 Å². The lowest BCUT2D eigenvalue weighted by atomic mass is 10.5. The van der Waals surface area contributed by atoms with Gasteiger partial charge >= 0.3 is 5.97 Å². The molecule has 0 aromatic carbocycles. The maximum absolute atomic E-state index is 11.3. The van der Waals surface area contributed by atoms with Gasteiger partial charge in [-0.25, -0.2) is 13.1 Å². The molecule has 84 valence electrons. The molecule has 0 fully saturated rings. The molecule has 0 bridgehead atoms. The molecule has 2 N–H and O–H groups in total. The summed E-state index contributed by atoms with van der Waals surface area (Å²) in [5.74, 6) is -1.04. The molecule has 0 amide bonds. The van der Waals surface area contributed by atoms with E-state index in [1.165, 1.54) is 14.0 Å². The molecule has 0 saturated carbocycles. The summed E-state index contributed by atoms with van der Waals surface area (Å²) in [6, 6.07) is 0. The molecule has 1 unspecified atom stereocenters. The first-order valence-electron chi connectivity index (χ1n) is 4.09. The van der Waals surface area contributed by atoms with E-state index >= 15 is 0 Å². The van der Waals surface area contributed by atoms with Gasteiger partial charge in [-0.05, 0) is 6.92 Å². The van der Waals surface area contributed by atoms with Crippen LogP contribution < -0.4 is 4.72 Å². The molecule has 0 heterocycles. The normalized spacial score (nSPS) is 13.9. The smallest absolute Gasteiger partial charge is 0.304 e. The van der Waals surface area contributed by atoms with Crippen LogP contribution in [-0.2, 0) is 19.6 Å². The zero-order valence-electron chi connectivity index (χ0n) is 8.19. The number of carboxylic acids is 1. The van der Waals surface area contributed by atoms with Crippen LogP contribution in [0.5, 0.6) is 0 Å². The van der Waals surface area contributed by atoms with Crippen LogP contribution in [0.4, 0.5) is 0 Å². The number of carboxylic acid groups (broad SMARTS) is 1. The zero-order valence-corrected chi connectivity index (χ0v) is 9.00. The minimum atomic E-state index is -3.46. The summed E-state index contributed by atoms with van der Waals surface area (Å²) in [5.41, 5.74) is 0. The Labute approximate surface area is 83.3 Å². The van der Waals surface area contributed by atoms with Crippen molar-refractivity contribution in [2.45, 2.75) is 18.6 Å². The van der Waals surface area contributed by atoms with E-state index in [-0.39, 0.29) is 19.6 Å². The first-order chi connectivity index (χ1) is 6.40. The lowest BCUT2D eigenvalue weighted by molar-refractivity contribution is -0.136. The summed E-state index contributed by atoms with van der Waals surface area (Å²) in [5, 5.41) is 7.61. The van der Waals surface area contributed by atoms with Gasteiger partial charge in [0.15, 0.2) is 0 Å². The number of hydrogen-bond donors (Lipinski definition) is 2. The van der Waals surface area contributed by atoms with Gasteiger partial charge in [0.2, 0.25) is 10.0 Å². The van der Waals surface area contributed by atoms with Crippen LogP contribution in [-0.4, -0.2) is 45.0 Å². The van der Waals surface area contributed by atoms with E-state index < -0.39 is 21.2 Å². The van der Waals surface area contributed by atoms with Crippen molar-refractivity contribution < 1.29 is 23.1 Å². The molecule has 0 aliphatic carbocycles. The second kappa shape index (κ2) is 5.94. The van der Waals surface area contributed by atoms with Crippen molar-refractivity contribution in [3.05, 3.63) is 0 Å². The SMILES string of the molecule is COCC(C)S(=O)(=O)NCCC(=O)O. The quantitative estimate of drug-likeness (QED) is 0.604. The standard InChI is InChI=1S/C7H15NO5S/c1-6(5-13-2)14(11,12)8-4-3-7(9)10/h6,8H,3-5H2,1-2H3,(H,9,10). The number of rotatable bonds is 7. The second-order valence-corrected chi connectivity index (χ2v) is 5.03. The minimum Gasteiger partial charge on any atom is -0.481 e. The van der Waals surface area contributed by atoms with Gasteiger partial charge < -0.3 is 9.84 Å². The highest BCUT2D eigenvalue weighted by Gasteiger charge is 2.19. The van der Waals surface area contributed by atoms with Crippen molar-refractivity contribution in [1.29, 1.82) is 0 Å². The van der Waals surface area contributed by atoms with Crippen LogP contribution in [0, 0.1) is 0 Å². The van der Waals surface area contributed by atoms with Gasteiger partial charge in [-0.3, -0.25) is 4.79 Å². The number of sulfonamides is 1. The predicted octanol–water partition coefficient (Wildman–Crippen LogP) is -0.585. The summed E-state index contributed by atoms with van der Waals surface area (Å²) in [6.07, 6.45) is -0.223. The highest BCUT2D eigenvalue weighted by atomic mass is 32.2. The van der Waals surface area contributed by atoms with Gasteiger partial charge in [-0.2, -0.15) is 0 Å². The lowest BCUT2D eigenvalue weighted by Gasteiger charge is -2.11. The van der Waals surface area contributed by atoms with E-state index in [4.69, 9.17) is 5.11 Å². The summed E-state index contributed by atoms with van der Waals surface area (Å²) >= 11 is 0. The summed E-state index contributed by atoms with van der Waals surface area (Å²) in [4.78, 5) is 10.1. The predicted molar refractivity (Wildman–Crippen MR) is 50.5 cm³/mol. The molecule has 14 heavy (non-hydrogen) atoms. The Bertz CT molecular complexity index is 274. The largest absolute Gasteiger partial charge is 0.481 e. The third kappa shape index (κ3) is 5.15. The van der Waals surface area contributed by atoms with Gasteiger partial charge in [-0.15, -0.1) is 0 Å². The number of methoxy groups -OCH3 is 1. The molecule has 7 heteroatoms. The van der Waals surface area contributed by atoms with Crippen molar-refractivity contribution in [3.8, 4) is 0 Å². The third-order valence-electron chi connectivity index (χ3n) is 1.57. The van der Waals surface area contributed by atoms with E-state index in [1.54, 1.807) is 0 Å². The monoisotopic (exact) mass is 225 g/mol. The summed E-state index contributed by atoms with van der Waals surface area (Å²) in [6.45, 7) is 1.49. The Morgan fingerprint density at radius 2 is 2.14 bits per heavy atom. The molecule has 0 radical (unpaired) electrons. The fourth-order valence-electron chi connectivity index (χ4n) is 0.767. The van der Waals surface area contributed by atoms with Crippen LogP contribution in [0.3, 0.4) is 0 Å². The fraction of sp³-hybridized carbons (Fsp3) is 0.857. The van der Waals surface area contributed by atoms with Crippen molar-refractivity contribution in [3.63, 3.8) is 0 Å². The highest BCUT2D eigenvalue weighted by molar-refractivity contribution is 7.90. The Morgan fingerprint density at radius 3 is 2.57 bits per heavy atom. The van der Waals surface area contributed by atoms with Crippen molar-refractivity contribution >= 4 is 16.0 Å². The average Bonchev–Trinajstić information content (AvgIpc) is 2.03. The van der Waals surface area contributed by atoms with Crippen LogP contribution >= 0.6 is 0 Å². The van der Waals surface area contributed by atoms with Crippen molar-refractivity contribution in [2.24, 2.45) is 0 Å². The molecule has 1 atom stereocenters. The zero-order chi connectivity index (χ0) is 11.2. The van der Waals surface area contributed by atoms with Crippen LogP contribution in [0.15, 0.2) is 0 Å². The Kier molecular flexibility index (Phi) is 5.66. The number of carbonyl (C=O) groups is 1. The molecular weight excluding hydrogens is 210 g/mol. The third-order valence-corrected chi connectivity index (χ3v) is 3.38. The molecule has 0 saturated heterocycles. The molecule has 0 aliphatic rings. The first kappa shape index (κ1) is 13.3. The Hall–Kier alpha value is -0.660. The van der Waals surface area contributed by atoms with Gasteiger partial charge in [0, 0.05) is 13.7 Å². The minimum absolute atomic E-state index is 0.0857. The van der Waals surface area contributed by atoms with E-state index in [2.05, 4.69) is 9.46 Å². The first-order valence-corrected chi connectivity index (χ1v) is 5.64. The number of ether oxygens (including phenoxy) is 1. The summed E-state index contributed by atoms with van der Waals surface area (Å²) < 4.78 is 29.5. The van der Waals surface area contributed by atoms with E-state index in [0.29, 0.717) is 0 Å². The van der Waals surface area contributed by atoms with Gasteiger partial charge in [0.05, 0.1) is 18.3 Å². The lowest BCUT2D eigenvalue weighted by Crippen LogP contribution is -2.36. The van der Waals surface area contributed by atoms with Gasteiger partial charge in [-0.1, -0.05) is 0 Å². The van der Waals surface area contributed by atoms with Gasteiger partial charge in [0.1, 0.15) is 0 Å². The van der Waals surface area contributed by atoms with Crippen LogP contribution in [0.1, 0.15) is 13.3 Å². The molecule has 0 rings (SSSR count). The summed E-state index contributed by atoms with van der Waals surface area (Å²) in [7, 11) is -2.05. The number of aliphatic carboxylic acids is 1. The topological polar surface area (TPSA) is 92.7 Å².